The molecular weight excluding hydrogens is 308 g/mol. The molecule has 1 aromatic rings. The van der Waals surface area contributed by atoms with Gasteiger partial charge in [-0.15, -0.1) is 0 Å². The average Bonchev–Trinajstić information content (AvgIpc) is 3.23. The smallest absolute Gasteiger partial charge is 0.108 e. The van der Waals surface area contributed by atoms with Crippen LogP contribution in [0.2, 0.25) is 0 Å². The summed E-state index contributed by atoms with van der Waals surface area (Å²) in [6, 6.07) is 0. The van der Waals surface area contributed by atoms with Gasteiger partial charge in [0.05, 0.1) is 6.17 Å². The summed E-state index contributed by atoms with van der Waals surface area (Å²) in [5, 5.41) is 3.48. The predicted octanol–water partition coefficient (Wildman–Crippen LogP) is 4.56. The Balaban J connectivity index is 0.000000180. The molecule has 1 unspecified atom stereocenters. The molecule has 0 radical (unpaired) electrons. The van der Waals surface area contributed by atoms with Gasteiger partial charge in [0.25, 0.3) is 0 Å². The van der Waals surface area contributed by atoms with Crippen molar-refractivity contribution in [2.45, 2.75) is 86.4 Å². The van der Waals surface area contributed by atoms with Gasteiger partial charge in [0.15, 0.2) is 0 Å². The first-order valence-electron chi connectivity index (χ1n) is 10.4. The number of aryl methyl sites for hydroxylation is 2. The number of nitrogens with zero attached hydrogens (tertiary/aromatic N) is 3. The second-order valence-corrected chi connectivity index (χ2v) is 8.61. The van der Waals surface area contributed by atoms with Gasteiger partial charge in [-0.25, -0.2) is 4.98 Å². The van der Waals surface area contributed by atoms with E-state index in [1.165, 1.54) is 64.1 Å². The molecule has 4 nitrogen and oxygen atoms in total. The van der Waals surface area contributed by atoms with E-state index < -0.39 is 0 Å². The Kier molecular flexibility index (Phi) is 11.1. The molecule has 4 heteroatoms. The van der Waals surface area contributed by atoms with Crippen molar-refractivity contribution < 1.29 is 0 Å². The zero-order valence-electron chi connectivity index (χ0n) is 17.6. The Labute approximate surface area is 156 Å². The first kappa shape index (κ1) is 22.2. The summed E-state index contributed by atoms with van der Waals surface area (Å²) in [6.07, 6.45) is 11.3. The zero-order valence-corrected chi connectivity index (χ0v) is 17.6. The van der Waals surface area contributed by atoms with Crippen LogP contribution >= 0.6 is 0 Å². The highest BCUT2D eigenvalue weighted by Gasteiger charge is 2.25. The third-order valence-electron chi connectivity index (χ3n) is 3.99. The fraction of sp³-hybridized carbons (Fsp3) is 0.857. The molecule has 4 heterocycles. The monoisotopic (exact) mass is 350 g/mol. The topological polar surface area (TPSA) is 33.1 Å². The van der Waals surface area contributed by atoms with Crippen molar-refractivity contribution in [1.29, 1.82) is 0 Å². The van der Waals surface area contributed by atoms with E-state index in [2.05, 4.69) is 61.3 Å². The molecule has 0 aliphatic carbocycles. The molecule has 146 valence electrons. The lowest BCUT2D eigenvalue weighted by Gasteiger charge is -2.28. The van der Waals surface area contributed by atoms with Gasteiger partial charge in [-0.1, -0.05) is 41.5 Å². The number of piperidine rings is 1. The van der Waals surface area contributed by atoms with Crippen LogP contribution in [0.5, 0.6) is 0 Å². The van der Waals surface area contributed by atoms with Crippen LogP contribution in [0.4, 0.5) is 0 Å². The summed E-state index contributed by atoms with van der Waals surface area (Å²) >= 11 is 0. The van der Waals surface area contributed by atoms with Gasteiger partial charge >= 0.3 is 0 Å². The Morgan fingerprint density at radius 1 is 0.960 bits per heavy atom. The van der Waals surface area contributed by atoms with E-state index in [4.69, 9.17) is 0 Å². The van der Waals surface area contributed by atoms with Crippen molar-refractivity contribution in [1.82, 2.24) is 19.8 Å². The fourth-order valence-corrected chi connectivity index (χ4v) is 3.04. The Morgan fingerprint density at radius 2 is 1.64 bits per heavy atom. The average molecular weight is 351 g/mol. The van der Waals surface area contributed by atoms with Crippen molar-refractivity contribution in [2.24, 2.45) is 11.8 Å². The van der Waals surface area contributed by atoms with Gasteiger partial charge < -0.3 is 9.88 Å². The standard InChI is InChI=1S/C7H14N2.C6H8N2.2C4H10/c1-2-5-9-6-4-8-7(9)3-1;1-2-6-7-3-5-8(6)4-1;2*1-4(2)3/h7-8H,1-6H2;3,5H,1-2,4H2;2*4H,1-3H3. The quantitative estimate of drug-likeness (QED) is 0.745. The van der Waals surface area contributed by atoms with Crippen LogP contribution in [-0.4, -0.2) is 40.3 Å². The molecule has 1 atom stereocenters. The highest BCUT2D eigenvalue weighted by molar-refractivity contribution is 4.96. The molecule has 1 aromatic heterocycles. The number of rotatable bonds is 0. The van der Waals surface area contributed by atoms with Crippen LogP contribution in [0.25, 0.3) is 0 Å². The lowest BCUT2D eigenvalue weighted by atomic mass is 10.1. The third-order valence-corrected chi connectivity index (χ3v) is 3.99. The molecule has 4 rings (SSSR count). The molecule has 0 saturated carbocycles. The second kappa shape index (κ2) is 12.5. The molecule has 2 saturated heterocycles. The Morgan fingerprint density at radius 3 is 2.24 bits per heavy atom. The SMILES string of the molecule is C1CCN2CCNC2C1.CC(C)C.CC(C)C.c1cn2c(n1)CCC2. The number of hydrogen-bond donors (Lipinski definition) is 1. The van der Waals surface area contributed by atoms with Crippen LogP contribution in [0, 0.1) is 11.8 Å². The molecule has 0 spiro atoms. The molecule has 25 heavy (non-hydrogen) atoms. The van der Waals surface area contributed by atoms with Gasteiger partial charge in [-0.2, -0.15) is 0 Å². The Hall–Kier alpha value is -0.870. The maximum absolute atomic E-state index is 4.16. The molecule has 0 aromatic carbocycles. The van der Waals surface area contributed by atoms with Crippen LogP contribution in [0.1, 0.15) is 73.1 Å². The Bertz CT molecular complexity index is 397. The summed E-state index contributed by atoms with van der Waals surface area (Å²) in [5.74, 6) is 2.92. The van der Waals surface area contributed by atoms with Crippen LogP contribution in [-0.2, 0) is 13.0 Å². The molecule has 3 aliphatic rings. The molecule has 3 aliphatic heterocycles. The summed E-state index contributed by atoms with van der Waals surface area (Å²) in [7, 11) is 0. The van der Waals surface area contributed by atoms with Crippen molar-refractivity contribution in [3.05, 3.63) is 18.2 Å². The first-order valence-corrected chi connectivity index (χ1v) is 10.4. The minimum absolute atomic E-state index is 0.749. The van der Waals surface area contributed by atoms with Crippen LogP contribution in [0.15, 0.2) is 12.4 Å². The maximum atomic E-state index is 4.16. The van der Waals surface area contributed by atoms with Gasteiger partial charge in [0.2, 0.25) is 0 Å². The minimum Gasteiger partial charge on any atom is -0.335 e. The summed E-state index contributed by atoms with van der Waals surface area (Å²) in [5.41, 5.74) is 0. The van der Waals surface area contributed by atoms with E-state index in [0.29, 0.717) is 0 Å². The van der Waals surface area contributed by atoms with Crippen molar-refractivity contribution in [3.63, 3.8) is 0 Å². The highest BCUT2D eigenvalue weighted by Crippen LogP contribution is 2.16. The summed E-state index contributed by atoms with van der Waals surface area (Å²) in [4.78, 5) is 6.72. The van der Waals surface area contributed by atoms with Crippen molar-refractivity contribution >= 4 is 0 Å². The normalized spacial score (nSPS) is 21.4. The van der Waals surface area contributed by atoms with Crippen LogP contribution in [0.3, 0.4) is 0 Å². The van der Waals surface area contributed by atoms with E-state index in [9.17, 15) is 0 Å². The van der Waals surface area contributed by atoms with E-state index in [-0.39, 0.29) is 0 Å². The van der Waals surface area contributed by atoms with E-state index in [0.717, 1.165) is 18.0 Å². The highest BCUT2D eigenvalue weighted by atomic mass is 15.3. The molecular formula is C21H42N4. The molecule has 2 fully saturated rings. The lowest BCUT2D eigenvalue weighted by molar-refractivity contribution is 0.186. The lowest BCUT2D eigenvalue weighted by Crippen LogP contribution is -2.39. The van der Waals surface area contributed by atoms with Gasteiger partial charge in [-0.05, 0) is 44.1 Å². The minimum atomic E-state index is 0.749. The van der Waals surface area contributed by atoms with Crippen molar-refractivity contribution in [3.8, 4) is 0 Å². The third kappa shape index (κ3) is 10.0. The van der Waals surface area contributed by atoms with E-state index in [1.807, 2.05) is 12.4 Å². The number of imidazole rings is 1. The summed E-state index contributed by atoms with van der Waals surface area (Å²) < 4.78 is 2.21. The number of nitrogens with one attached hydrogen (secondary N) is 1. The van der Waals surface area contributed by atoms with Crippen molar-refractivity contribution in [2.75, 3.05) is 19.6 Å². The number of aromatic nitrogens is 2. The summed E-state index contributed by atoms with van der Waals surface area (Å²) in [6.45, 7) is 18.0. The van der Waals surface area contributed by atoms with E-state index in [1.54, 1.807) is 0 Å². The predicted molar refractivity (Wildman–Crippen MR) is 109 cm³/mol. The fourth-order valence-electron chi connectivity index (χ4n) is 3.04. The molecule has 0 amide bonds. The van der Waals surface area contributed by atoms with Gasteiger partial charge in [0.1, 0.15) is 5.82 Å². The number of fused-ring (bicyclic) bond motifs is 2. The molecule has 1 N–H and O–H groups in total. The zero-order chi connectivity index (χ0) is 18.7. The maximum Gasteiger partial charge on any atom is 0.108 e. The van der Waals surface area contributed by atoms with E-state index >= 15 is 0 Å². The number of hydrogen-bond acceptors (Lipinski definition) is 3. The molecule has 0 bridgehead atoms. The second-order valence-electron chi connectivity index (χ2n) is 8.61. The first-order chi connectivity index (χ1) is 11.9. The largest absolute Gasteiger partial charge is 0.335 e. The van der Waals surface area contributed by atoms with Gasteiger partial charge in [-0.3, -0.25) is 4.90 Å². The van der Waals surface area contributed by atoms with Crippen LogP contribution < -0.4 is 5.32 Å². The van der Waals surface area contributed by atoms with Gasteiger partial charge in [0, 0.05) is 38.4 Å².